The first-order valence-electron chi connectivity index (χ1n) is 7.86. The molecule has 1 N–H and O–H groups in total. The largest absolute Gasteiger partial charge is 0.494 e. The van der Waals surface area contributed by atoms with Gasteiger partial charge in [0, 0.05) is 12.8 Å². The quantitative estimate of drug-likeness (QED) is 0.806. The van der Waals surface area contributed by atoms with Gasteiger partial charge in [0.25, 0.3) is 0 Å². The Kier molecular flexibility index (Phi) is 6.88. The number of carboxylic acids is 1. The zero-order valence-electron chi connectivity index (χ0n) is 13.1. The predicted octanol–water partition coefficient (Wildman–Crippen LogP) is 3.50. The zero-order chi connectivity index (χ0) is 16.3. The maximum atomic E-state index is 11.4. The number of fused-ring (bicyclic) bond motifs is 13. The van der Waals surface area contributed by atoms with E-state index in [0.717, 1.165) is 38.5 Å². The van der Waals surface area contributed by atoms with Crippen LogP contribution in [0.2, 0.25) is 0 Å². The average molecular weight is 312 g/mol. The maximum absolute atomic E-state index is 11.4. The first-order chi connectivity index (χ1) is 11.3. The van der Waals surface area contributed by atoms with Crippen molar-refractivity contribution >= 4 is 5.97 Å². The van der Waals surface area contributed by atoms with Crippen molar-refractivity contribution in [3.05, 3.63) is 23.8 Å². The number of carboxylic acid groups (broad SMARTS) is 1. The van der Waals surface area contributed by atoms with Crippen LogP contribution in [-0.4, -0.2) is 24.3 Å². The molecule has 0 aromatic heterocycles. The molecule has 120 valence electrons. The van der Waals surface area contributed by atoms with Gasteiger partial charge >= 0.3 is 5.97 Å². The van der Waals surface area contributed by atoms with Gasteiger partial charge in [-0.3, -0.25) is 0 Å². The van der Waals surface area contributed by atoms with Gasteiger partial charge in [0.2, 0.25) is 0 Å². The van der Waals surface area contributed by atoms with Crippen LogP contribution in [0.5, 0.6) is 11.5 Å². The van der Waals surface area contributed by atoms with E-state index < -0.39 is 5.97 Å². The highest BCUT2D eigenvalue weighted by atomic mass is 16.5. The zero-order valence-corrected chi connectivity index (χ0v) is 13.1. The Hall–Kier alpha value is -2.59. The van der Waals surface area contributed by atoms with Crippen molar-refractivity contribution in [3.8, 4) is 35.2 Å². The van der Waals surface area contributed by atoms with Gasteiger partial charge in [-0.15, -0.1) is 0 Å². The molecule has 0 aliphatic carbocycles. The summed E-state index contributed by atoms with van der Waals surface area (Å²) in [5, 5.41) is 9.31. The lowest BCUT2D eigenvalue weighted by molar-refractivity contribution is 0.0691. The standard InChI is InChI=1S/C19H20O4/c20-19(21)17-15-16-11-12-18(17)23-14-10-8-6-4-2-1-3-5-7-9-13-22-16/h11-12,15H,5-10,13-14H2,(H,20,21). The lowest BCUT2D eigenvalue weighted by atomic mass is 10.2. The fourth-order valence-electron chi connectivity index (χ4n) is 2.11. The molecule has 3 rings (SSSR count). The molecule has 0 spiro atoms. The summed E-state index contributed by atoms with van der Waals surface area (Å²) in [4.78, 5) is 11.4. The number of hydrogen-bond acceptors (Lipinski definition) is 3. The van der Waals surface area contributed by atoms with Crippen molar-refractivity contribution in [3.63, 3.8) is 0 Å². The minimum atomic E-state index is -1.01. The number of hydrogen-bond donors (Lipinski definition) is 1. The van der Waals surface area contributed by atoms with E-state index in [1.54, 1.807) is 12.1 Å². The molecule has 0 radical (unpaired) electrons. The third-order valence-corrected chi connectivity index (χ3v) is 3.34. The highest BCUT2D eigenvalue weighted by molar-refractivity contribution is 5.91. The van der Waals surface area contributed by atoms with Crippen LogP contribution >= 0.6 is 0 Å². The Morgan fingerprint density at radius 3 is 2.26 bits per heavy atom. The van der Waals surface area contributed by atoms with Crippen molar-refractivity contribution < 1.29 is 19.4 Å². The highest BCUT2D eigenvalue weighted by Crippen LogP contribution is 2.25. The smallest absolute Gasteiger partial charge is 0.339 e. The summed E-state index contributed by atoms with van der Waals surface area (Å²) < 4.78 is 11.2. The molecule has 4 nitrogen and oxygen atoms in total. The Morgan fingerprint density at radius 1 is 0.957 bits per heavy atom. The second-order valence-electron chi connectivity index (χ2n) is 5.18. The molecule has 0 fully saturated rings. The van der Waals surface area contributed by atoms with E-state index in [-0.39, 0.29) is 5.56 Å². The molecule has 0 unspecified atom stereocenters. The fourth-order valence-corrected chi connectivity index (χ4v) is 2.11. The van der Waals surface area contributed by atoms with Crippen LogP contribution in [0.4, 0.5) is 0 Å². The van der Waals surface area contributed by atoms with E-state index in [1.807, 2.05) is 0 Å². The summed E-state index contributed by atoms with van der Waals surface area (Å²) in [6.07, 6.45) is 5.09. The normalized spacial score (nSPS) is 15.5. The molecule has 1 aromatic rings. The molecule has 0 atom stereocenters. The molecule has 4 heteroatoms. The minimum Gasteiger partial charge on any atom is -0.494 e. The highest BCUT2D eigenvalue weighted by Gasteiger charge is 2.13. The number of aromatic carboxylic acids is 1. The molecule has 2 aliphatic rings. The molecule has 2 aliphatic heterocycles. The minimum absolute atomic E-state index is 0.134. The van der Waals surface area contributed by atoms with E-state index in [9.17, 15) is 9.90 Å². The van der Waals surface area contributed by atoms with Crippen LogP contribution in [0.25, 0.3) is 0 Å². The van der Waals surface area contributed by atoms with Crippen molar-refractivity contribution in [2.24, 2.45) is 0 Å². The van der Waals surface area contributed by atoms with Crippen LogP contribution in [0.1, 0.15) is 48.9 Å². The van der Waals surface area contributed by atoms with Gasteiger partial charge in [0.05, 0.1) is 13.2 Å². The third-order valence-electron chi connectivity index (χ3n) is 3.34. The topological polar surface area (TPSA) is 55.8 Å². The fraction of sp³-hybridized carbons (Fsp3) is 0.421. The van der Waals surface area contributed by atoms with E-state index in [4.69, 9.17) is 9.47 Å². The van der Waals surface area contributed by atoms with Gasteiger partial charge in [-0.25, -0.2) is 4.79 Å². The first-order valence-corrected chi connectivity index (χ1v) is 7.86. The number of rotatable bonds is 1. The number of carbonyl (C=O) groups is 1. The second kappa shape index (κ2) is 9.43. The van der Waals surface area contributed by atoms with Crippen LogP contribution in [0.3, 0.4) is 0 Å². The Labute approximate surface area is 136 Å². The lowest BCUT2D eigenvalue weighted by Crippen LogP contribution is -2.06. The summed E-state index contributed by atoms with van der Waals surface area (Å²) >= 11 is 0. The van der Waals surface area contributed by atoms with Crippen LogP contribution < -0.4 is 9.47 Å². The molecule has 0 saturated carbocycles. The van der Waals surface area contributed by atoms with Gasteiger partial charge in [-0.05, 0) is 55.7 Å². The molecule has 2 bridgehead atoms. The predicted molar refractivity (Wildman–Crippen MR) is 87.6 cm³/mol. The van der Waals surface area contributed by atoms with E-state index in [1.165, 1.54) is 6.07 Å². The SMILES string of the molecule is O=C(O)c1cc2ccc1OCCCCC#CC#CCCCCO2. The summed E-state index contributed by atoms with van der Waals surface area (Å²) in [6, 6.07) is 4.93. The molecular formula is C19H20O4. The maximum Gasteiger partial charge on any atom is 0.339 e. The molecular weight excluding hydrogens is 292 g/mol. The van der Waals surface area contributed by atoms with Gasteiger partial charge < -0.3 is 14.6 Å². The van der Waals surface area contributed by atoms with Crippen molar-refractivity contribution in [1.29, 1.82) is 0 Å². The summed E-state index contributed by atoms with van der Waals surface area (Å²) in [5.41, 5.74) is 0.134. The lowest BCUT2D eigenvalue weighted by Gasteiger charge is -2.11. The molecule has 2 heterocycles. The third kappa shape index (κ3) is 5.96. The summed E-state index contributed by atoms with van der Waals surface area (Å²) in [6.45, 7) is 1.00. The average Bonchev–Trinajstić information content (AvgIpc) is 2.55. The van der Waals surface area contributed by atoms with Gasteiger partial charge in [0.15, 0.2) is 0 Å². The van der Waals surface area contributed by atoms with E-state index >= 15 is 0 Å². The molecule has 23 heavy (non-hydrogen) atoms. The van der Waals surface area contributed by atoms with Crippen LogP contribution in [0, 0.1) is 23.7 Å². The Balaban J connectivity index is 2.07. The monoisotopic (exact) mass is 312 g/mol. The van der Waals surface area contributed by atoms with Crippen LogP contribution in [-0.2, 0) is 0 Å². The number of ether oxygens (including phenoxy) is 2. The van der Waals surface area contributed by atoms with Crippen LogP contribution in [0.15, 0.2) is 18.2 Å². The van der Waals surface area contributed by atoms with Crippen molar-refractivity contribution in [1.82, 2.24) is 0 Å². The Morgan fingerprint density at radius 2 is 1.61 bits per heavy atom. The van der Waals surface area contributed by atoms with Crippen molar-refractivity contribution in [2.45, 2.75) is 38.5 Å². The number of benzene rings is 1. The van der Waals surface area contributed by atoms with Gasteiger partial charge in [-0.1, -0.05) is 11.8 Å². The molecule has 0 amide bonds. The van der Waals surface area contributed by atoms with Gasteiger partial charge in [0.1, 0.15) is 17.1 Å². The summed E-state index contributed by atoms with van der Waals surface area (Å²) in [7, 11) is 0. The first kappa shape index (κ1) is 16.8. The second-order valence-corrected chi connectivity index (χ2v) is 5.18. The molecule has 0 saturated heterocycles. The van der Waals surface area contributed by atoms with E-state index in [0.29, 0.717) is 24.7 Å². The van der Waals surface area contributed by atoms with Gasteiger partial charge in [-0.2, -0.15) is 0 Å². The van der Waals surface area contributed by atoms with Crippen molar-refractivity contribution in [2.75, 3.05) is 13.2 Å². The summed E-state index contributed by atoms with van der Waals surface area (Å²) in [5.74, 6) is 11.7. The molecule has 1 aromatic carbocycles. The van der Waals surface area contributed by atoms with E-state index in [2.05, 4.69) is 23.7 Å². The Bertz CT molecular complexity index is 655.